The van der Waals surface area contributed by atoms with Crippen molar-refractivity contribution >= 4 is 29.3 Å². The molecule has 3 heterocycles. The van der Waals surface area contributed by atoms with Crippen molar-refractivity contribution in [3.8, 4) is 5.69 Å². The molecule has 3 unspecified atom stereocenters. The molecule has 1 aliphatic rings. The van der Waals surface area contributed by atoms with Crippen LogP contribution in [0.1, 0.15) is 17.5 Å². The summed E-state index contributed by atoms with van der Waals surface area (Å²) in [6.07, 6.45) is -3.85. The monoisotopic (exact) mass is 640 g/mol. The smallest absolute Gasteiger partial charge is 0.387 e. The Morgan fingerprint density at radius 1 is 0.976 bits per heavy atom. The molecule has 224 valence electrons. The molecule has 0 amide bonds. The Bertz CT molecular complexity index is 1600. The molecule has 1 saturated heterocycles. The Labute approximate surface area is 229 Å². The Morgan fingerprint density at radius 3 is 2.32 bits per heavy atom. The van der Waals surface area contributed by atoms with E-state index in [1.807, 2.05) is 30.3 Å². The molecular weight excluding hydrogens is 617 g/mol. The third-order valence-electron chi connectivity index (χ3n) is 5.41. The largest absolute Gasteiger partial charge is 0.490 e. The van der Waals surface area contributed by atoms with E-state index in [-0.39, 0.29) is 11.5 Å². The Balaban J connectivity index is 1.49. The van der Waals surface area contributed by atoms with Crippen LogP contribution < -0.4 is 11.4 Å². The first-order chi connectivity index (χ1) is 19.0. The van der Waals surface area contributed by atoms with Gasteiger partial charge >= 0.3 is 29.2 Å². The first-order valence-electron chi connectivity index (χ1n) is 11.2. The van der Waals surface area contributed by atoms with E-state index in [2.05, 4.69) is 28.4 Å². The van der Waals surface area contributed by atoms with E-state index in [0.717, 1.165) is 16.3 Å². The maximum Gasteiger partial charge on any atom is 0.490 e. The van der Waals surface area contributed by atoms with Gasteiger partial charge in [-0.1, -0.05) is 35.5 Å². The molecule has 4 rings (SSSR count). The van der Waals surface area contributed by atoms with Gasteiger partial charge < -0.3 is 40.3 Å². The minimum atomic E-state index is -5.78. The highest BCUT2D eigenvalue weighted by Crippen LogP contribution is 2.66. The van der Waals surface area contributed by atoms with Gasteiger partial charge in [0.05, 0.1) is 18.5 Å². The molecule has 0 bridgehead atoms. The van der Waals surface area contributed by atoms with Gasteiger partial charge in [-0.05, 0) is 5.56 Å². The van der Waals surface area contributed by atoms with Crippen LogP contribution in [0.4, 0.5) is 5.82 Å². The first-order valence-corrected chi connectivity index (χ1v) is 15.7. The number of aliphatic hydroxyl groups is 2. The van der Waals surface area contributed by atoms with Crippen molar-refractivity contribution in [3.63, 3.8) is 0 Å². The van der Waals surface area contributed by atoms with Crippen molar-refractivity contribution in [1.82, 2.24) is 24.5 Å². The lowest BCUT2D eigenvalue weighted by atomic mass is 10.1. The van der Waals surface area contributed by atoms with Gasteiger partial charge in [0.15, 0.2) is 12.0 Å². The van der Waals surface area contributed by atoms with E-state index in [1.54, 1.807) is 0 Å². The van der Waals surface area contributed by atoms with Crippen LogP contribution in [0.25, 0.3) is 5.69 Å². The molecule has 0 saturated carbocycles. The molecule has 0 radical (unpaired) electrons. The summed E-state index contributed by atoms with van der Waals surface area (Å²) in [5.41, 5.74) is 6.44. The molecule has 23 heteroatoms. The topological polar surface area (TPSA) is 301 Å². The number of hydrogen-bond acceptors (Lipinski definition) is 14. The molecule has 6 atom stereocenters. The van der Waals surface area contributed by atoms with Gasteiger partial charge in [-0.3, -0.25) is 9.09 Å². The van der Waals surface area contributed by atoms with Gasteiger partial charge in [0, 0.05) is 12.6 Å². The standard InChI is InChI=1S/C18H23N6O14P3/c19-16-12(24-7-11(21-22-24)6-10-4-2-1-3-5-10)8-23(18(27)20-16)17-15(26)14(25)13(36-17)9-35-40(31,32)38-41(33,34)37-39(28,29)30/h1-5,7-8,13-15,17,25-26H,6,9H2,(H,31,32)(H,33,34)(H2,19,20,27)(H2,28,29,30)/t13-,14?,15+,17-/m1/s1. The fraction of sp³-hybridized carbons (Fsp3) is 0.333. The fourth-order valence-electron chi connectivity index (χ4n) is 3.70. The van der Waals surface area contributed by atoms with E-state index in [0.29, 0.717) is 12.1 Å². The summed E-state index contributed by atoms with van der Waals surface area (Å²) in [4.78, 5) is 52.3. The predicted octanol–water partition coefficient (Wildman–Crippen LogP) is -1.04. The average molecular weight is 640 g/mol. The summed E-state index contributed by atoms with van der Waals surface area (Å²) < 4.78 is 53.2. The number of nitrogens with two attached hydrogens (primary N) is 1. The molecule has 1 fully saturated rings. The maximum atomic E-state index is 12.6. The van der Waals surface area contributed by atoms with Gasteiger partial charge in [0.2, 0.25) is 0 Å². The van der Waals surface area contributed by atoms with Gasteiger partial charge in [-0.15, -0.1) is 5.10 Å². The number of aliphatic hydroxyl groups excluding tert-OH is 2. The number of hydrogen-bond donors (Lipinski definition) is 7. The van der Waals surface area contributed by atoms with Crippen molar-refractivity contribution < 1.29 is 61.4 Å². The molecule has 20 nitrogen and oxygen atoms in total. The summed E-state index contributed by atoms with van der Waals surface area (Å²) >= 11 is 0. The molecule has 0 spiro atoms. The van der Waals surface area contributed by atoms with Crippen LogP contribution in [-0.4, -0.2) is 79.3 Å². The van der Waals surface area contributed by atoms with Crippen LogP contribution in [0.15, 0.2) is 47.5 Å². The highest BCUT2D eigenvalue weighted by Gasteiger charge is 2.47. The molecule has 1 aliphatic heterocycles. The van der Waals surface area contributed by atoms with E-state index in [4.69, 9.17) is 20.3 Å². The zero-order valence-electron chi connectivity index (χ0n) is 20.4. The molecule has 0 aliphatic carbocycles. The van der Waals surface area contributed by atoms with E-state index < -0.39 is 60.3 Å². The molecule has 3 aromatic rings. The zero-order valence-corrected chi connectivity index (χ0v) is 23.1. The van der Waals surface area contributed by atoms with Crippen molar-refractivity contribution in [2.45, 2.75) is 31.0 Å². The van der Waals surface area contributed by atoms with Crippen LogP contribution >= 0.6 is 23.5 Å². The summed E-state index contributed by atoms with van der Waals surface area (Å²) in [5, 5.41) is 28.9. The lowest BCUT2D eigenvalue weighted by molar-refractivity contribution is -0.0541. The van der Waals surface area contributed by atoms with Crippen LogP contribution in [-0.2, 0) is 38.0 Å². The van der Waals surface area contributed by atoms with E-state index in [9.17, 15) is 38.5 Å². The van der Waals surface area contributed by atoms with Crippen molar-refractivity contribution in [1.29, 1.82) is 0 Å². The normalized spacial score (nSPS) is 24.1. The Kier molecular flexibility index (Phi) is 9.08. The fourth-order valence-corrected chi connectivity index (χ4v) is 6.73. The van der Waals surface area contributed by atoms with Gasteiger partial charge in [0.1, 0.15) is 24.0 Å². The molecular formula is C18H23N6O14P3. The van der Waals surface area contributed by atoms with Crippen LogP contribution in [0.2, 0.25) is 0 Å². The minimum Gasteiger partial charge on any atom is -0.387 e. The van der Waals surface area contributed by atoms with Crippen molar-refractivity contribution in [3.05, 3.63) is 64.5 Å². The number of phosphoric acid groups is 3. The molecule has 41 heavy (non-hydrogen) atoms. The average Bonchev–Trinajstić information content (AvgIpc) is 3.41. The number of aromatic nitrogens is 5. The highest BCUT2D eigenvalue weighted by atomic mass is 31.3. The van der Waals surface area contributed by atoms with E-state index >= 15 is 0 Å². The van der Waals surface area contributed by atoms with Gasteiger partial charge in [0.25, 0.3) is 0 Å². The number of ether oxygens (including phenoxy) is 1. The zero-order chi connectivity index (χ0) is 30.2. The van der Waals surface area contributed by atoms with Crippen molar-refractivity contribution in [2.75, 3.05) is 12.3 Å². The number of rotatable bonds is 11. The number of benzene rings is 1. The second-order valence-electron chi connectivity index (χ2n) is 8.45. The SMILES string of the molecule is Nc1nc(=O)n([C@@H]2O[C@H](COP(=O)(O)OP(=O)(O)OP(=O)(O)O)C(O)[C@@H]2O)cc1-n1cc(Cc2ccccc2)nn1. The summed E-state index contributed by atoms with van der Waals surface area (Å²) in [6.45, 7) is -1.08. The molecule has 8 N–H and O–H groups in total. The molecule has 2 aromatic heterocycles. The Hall–Kier alpha value is -2.67. The maximum absolute atomic E-state index is 12.6. The highest BCUT2D eigenvalue weighted by molar-refractivity contribution is 7.66. The second kappa shape index (κ2) is 11.9. The minimum absolute atomic E-state index is 0.0541. The number of anilines is 1. The van der Waals surface area contributed by atoms with Crippen molar-refractivity contribution in [2.24, 2.45) is 0 Å². The lowest BCUT2D eigenvalue weighted by Crippen LogP contribution is -2.36. The summed E-state index contributed by atoms with van der Waals surface area (Å²) in [6, 6.07) is 9.35. The summed E-state index contributed by atoms with van der Waals surface area (Å²) in [7, 11) is -16.9. The van der Waals surface area contributed by atoms with Crippen LogP contribution in [0.3, 0.4) is 0 Å². The van der Waals surface area contributed by atoms with E-state index in [1.165, 1.54) is 10.9 Å². The first kappa shape index (κ1) is 31.3. The number of nitrogens with zero attached hydrogens (tertiary/aromatic N) is 5. The second-order valence-corrected chi connectivity index (χ2v) is 12.9. The number of phosphoric ester groups is 1. The lowest BCUT2D eigenvalue weighted by Gasteiger charge is -2.19. The summed E-state index contributed by atoms with van der Waals surface area (Å²) in [5.74, 6) is -0.250. The third-order valence-corrected chi connectivity index (χ3v) is 9.21. The van der Waals surface area contributed by atoms with Crippen LogP contribution in [0.5, 0.6) is 0 Å². The van der Waals surface area contributed by atoms with Gasteiger partial charge in [-0.25, -0.2) is 23.2 Å². The van der Waals surface area contributed by atoms with Crippen LogP contribution in [0, 0.1) is 0 Å². The number of nitrogen functional groups attached to an aromatic ring is 1. The molecule has 1 aromatic carbocycles. The quantitative estimate of drug-likeness (QED) is 0.123. The van der Waals surface area contributed by atoms with Gasteiger partial charge in [-0.2, -0.15) is 13.6 Å². The third kappa shape index (κ3) is 8.00. The Morgan fingerprint density at radius 2 is 1.66 bits per heavy atom. The predicted molar refractivity (Wildman–Crippen MR) is 133 cm³/mol.